The van der Waals surface area contributed by atoms with Crippen molar-refractivity contribution in [2.75, 3.05) is 10.2 Å². The highest BCUT2D eigenvalue weighted by atomic mass is 32.2. The van der Waals surface area contributed by atoms with Gasteiger partial charge in [-0.15, -0.1) is 11.3 Å². The molecule has 8 nitrogen and oxygen atoms in total. The van der Waals surface area contributed by atoms with Gasteiger partial charge in [0, 0.05) is 24.0 Å². The smallest absolute Gasteiger partial charge is 0.244 e. The minimum absolute atomic E-state index is 0.0447. The summed E-state index contributed by atoms with van der Waals surface area (Å²) in [6.45, 7) is 5.24. The zero-order valence-electron chi connectivity index (χ0n) is 19.1. The van der Waals surface area contributed by atoms with Gasteiger partial charge in [0.15, 0.2) is 5.13 Å². The number of nitrogens with one attached hydrogen (secondary N) is 2. The number of fused-ring (bicyclic) bond motifs is 1. The Labute approximate surface area is 203 Å². The molecule has 34 heavy (non-hydrogen) atoms. The van der Waals surface area contributed by atoms with Crippen molar-refractivity contribution in [2.24, 2.45) is 0 Å². The number of aryl methyl sites for hydroxylation is 1. The van der Waals surface area contributed by atoms with Crippen LogP contribution in [0.4, 0.5) is 10.8 Å². The molecule has 10 heteroatoms. The van der Waals surface area contributed by atoms with Crippen molar-refractivity contribution in [1.29, 1.82) is 0 Å². The number of thiazole rings is 1. The predicted octanol–water partition coefficient (Wildman–Crippen LogP) is 3.28. The van der Waals surface area contributed by atoms with Gasteiger partial charge in [-0.25, -0.2) is 13.4 Å². The summed E-state index contributed by atoms with van der Waals surface area (Å²) in [6.07, 6.45) is 0.742. The average Bonchev–Trinajstić information content (AvgIpc) is 3.34. The third kappa shape index (κ3) is 5.19. The van der Waals surface area contributed by atoms with Crippen LogP contribution in [0, 0.1) is 6.92 Å². The summed E-state index contributed by atoms with van der Waals surface area (Å²) in [6, 6.07) is 12.8. The molecule has 3 aromatic rings. The molecule has 2 aromatic carbocycles. The molecular formula is C24H26N4O4S2. The first-order valence-electron chi connectivity index (χ1n) is 10.9. The number of benzene rings is 2. The van der Waals surface area contributed by atoms with E-state index in [1.807, 2.05) is 49.6 Å². The van der Waals surface area contributed by atoms with Gasteiger partial charge in [0.1, 0.15) is 6.04 Å². The van der Waals surface area contributed by atoms with Crippen molar-refractivity contribution in [3.05, 3.63) is 70.7 Å². The minimum Gasteiger partial charge on any atom is -0.309 e. The number of hydrogen-bond acceptors (Lipinski definition) is 6. The van der Waals surface area contributed by atoms with E-state index in [0.29, 0.717) is 11.6 Å². The highest BCUT2D eigenvalue weighted by Gasteiger charge is 2.32. The topological polar surface area (TPSA) is 108 Å². The zero-order valence-corrected chi connectivity index (χ0v) is 20.7. The highest BCUT2D eigenvalue weighted by Crippen LogP contribution is 2.34. The lowest BCUT2D eigenvalue weighted by Crippen LogP contribution is -2.45. The first kappa shape index (κ1) is 24.1. The number of amides is 2. The van der Waals surface area contributed by atoms with Crippen LogP contribution in [0.15, 0.2) is 58.8 Å². The molecule has 0 saturated heterocycles. The molecule has 0 radical (unpaired) electrons. The quantitative estimate of drug-likeness (QED) is 0.520. The van der Waals surface area contributed by atoms with Crippen LogP contribution in [0.1, 0.15) is 30.7 Å². The molecule has 0 unspecified atom stereocenters. The lowest BCUT2D eigenvalue weighted by Gasteiger charge is -2.21. The molecule has 0 saturated carbocycles. The Morgan fingerprint density at radius 3 is 2.59 bits per heavy atom. The van der Waals surface area contributed by atoms with Gasteiger partial charge in [-0.1, -0.05) is 30.3 Å². The number of rotatable bonds is 7. The number of aromatic nitrogens is 1. The fourth-order valence-corrected chi connectivity index (χ4v) is 6.09. The van der Waals surface area contributed by atoms with Crippen LogP contribution in [0.25, 0.3) is 0 Å². The van der Waals surface area contributed by atoms with Crippen LogP contribution in [0.2, 0.25) is 0 Å². The molecule has 2 atom stereocenters. The Bertz CT molecular complexity index is 1320. The van der Waals surface area contributed by atoms with Gasteiger partial charge in [0.25, 0.3) is 0 Å². The van der Waals surface area contributed by atoms with E-state index in [4.69, 9.17) is 0 Å². The molecule has 2 heterocycles. The second-order valence-electron chi connectivity index (χ2n) is 8.38. The fraction of sp³-hybridized carbons (Fsp3) is 0.292. The molecule has 2 N–H and O–H groups in total. The molecule has 1 aliphatic rings. The van der Waals surface area contributed by atoms with Crippen molar-refractivity contribution in [2.45, 2.75) is 50.6 Å². The number of anilines is 2. The predicted molar refractivity (Wildman–Crippen MR) is 133 cm³/mol. The van der Waals surface area contributed by atoms with Gasteiger partial charge in [-0.3, -0.25) is 9.59 Å². The minimum atomic E-state index is -4.02. The van der Waals surface area contributed by atoms with Crippen molar-refractivity contribution in [3.63, 3.8) is 0 Å². The maximum absolute atomic E-state index is 13.3. The van der Waals surface area contributed by atoms with Crippen LogP contribution in [-0.4, -0.2) is 37.3 Å². The molecule has 2 amide bonds. The summed E-state index contributed by atoms with van der Waals surface area (Å²) in [4.78, 5) is 31.0. The van der Waals surface area contributed by atoms with Crippen molar-refractivity contribution in [3.8, 4) is 0 Å². The normalized spacial score (nSPS) is 16.2. The first-order valence-corrected chi connectivity index (χ1v) is 13.2. The van der Waals surface area contributed by atoms with E-state index in [2.05, 4.69) is 15.0 Å². The number of hydrogen-bond donors (Lipinski definition) is 2. The van der Waals surface area contributed by atoms with Gasteiger partial charge >= 0.3 is 0 Å². The highest BCUT2D eigenvalue weighted by molar-refractivity contribution is 7.89. The monoisotopic (exact) mass is 498 g/mol. The Balaban J connectivity index is 1.60. The molecule has 0 fully saturated rings. The molecule has 0 aliphatic carbocycles. The van der Waals surface area contributed by atoms with Crippen molar-refractivity contribution < 1.29 is 18.0 Å². The van der Waals surface area contributed by atoms with Gasteiger partial charge in [0.2, 0.25) is 21.8 Å². The zero-order chi connectivity index (χ0) is 24.5. The second-order valence-corrected chi connectivity index (χ2v) is 11.0. The van der Waals surface area contributed by atoms with E-state index >= 15 is 0 Å². The molecule has 1 aromatic heterocycles. The summed E-state index contributed by atoms with van der Waals surface area (Å²) in [5.41, 5.74) is 3.09. The van der Waals surface area contributed by atoms with E-state index in [1.54, 1.807) is 17.0 Å². The summed E-state index contributed by atoms with van der Waals surface area (Å²) in [5, 5.41) is 4.94. The summed E-state index contributed by atoms with van der Waals surface area (Å²) < 4.78 is 29.2. The van der Waals surface area contributed by atoms with Gasteiger partial charge in [-0.2, -0.15) is 4.72 Å². The number of nitrogens with zero attached hydrogens (tertiary/aromatic N) is 2. The second kappa shape index (κ2) is 9.65. The average molecular weight is 499 g/mol. The third-order valence-corrected chi connectivity index (χ3v) is 8.01. The van der Waals surface area contributed by atoms with E-state index in [0.717, 1.165) is 22.5 Å². The molecule has 0 spiro atoms. The Kier molecular flexibility index (Phi) is 6.83. The van der Waals surface area contributed by atoms with Crippen LogP contribution in [0.3, 0.4) is 0 Å². The SMILES string of the molecule is CC(=O)N1c2ccc(S(=O)(=O)N[C@H](Cc3ccccc3)C(=O)Nc3nc(C)cs3)cc2C[C@H]1C. The molecule has 178 valence electrons. The first-order chi connectivity index (χ1) is 16.1. The van der Waals surface area contributed by atoms with Crippen LogP contribution >= 0.6 is 11.3 Å². The standard InChI is InChI=1S/C24H26N4O4S2/c1-15-14-33-24(25-15)26-23(30)21(12-18-7-5-4-6-8-18)27-34(31,32)20-9-10-22-19(13-20)11-16(2)28(22)17(3)29/h4-10,13-14,16,21,27H,11-12H2,1-3H3,(H,25,26,30)/t16-,21-/m1/s1. The Hall–Kier alpha value is -3.08. The molecule has 0 bridgehead atoms. The largest absolute Gasteiger partial charge is 0.309 e. The van der Waals surface area contributed by atoms with E-state index in [1.165, 1.54) is 24.3 Å². The van der Waals surface area contributed by atoms with Gasteiger partial charge < -0.3 is 10.2 Å². The van der Waals surface area contributed by atoms with Gasteiger partial charge in [0.05, 0.1) is 10.6 Å². The van der Waals surface area contributed by atoms with Crippen LogP contribution in [0.5, 0.6) is 0 Å². The Morgan fingerprint density at radius 2 is 1.94 bits per heavy atom. The number of carbonyl (C=O) groups is 2. The number of sulfonamides is 1. The molecule has 1 aliphatic heterocycles. The van der Waals surface area contributed by atoms with Crippen molar-refractivity contribution >= 4 is 44.0 Å². The lowest BCUT2D eigenvalue weighted by atomic mass is 10.1. The van der Waals surface area contributed by atoms with Gasteiger partial charge in [-0.05, 0) is 56.0 Å². The van der Waals surface area contributed by atoms with E-state index in [9.17, 15) is 18.0 Å². The van der Waals surface area contributed by atoms with E-state index < -0.39 is 22.0 Å². The van der Waals surface area contributed by atoms with Crippen molar-refractivity contribution in [1.82, 2.24) is 9.71 Å². The lowest BCUT2D eigenvalue weighted by molar-refractivity contribution is -0.118. The Morgan fingerprint density at radius 1 is 1.21 bits per heavy atom. The molecular weight excluding hydrogens is 472 g/mol. The maximum atomic E-state index is 13.3. The van der Waals surface area contributed by atoms with Crippen LogP contribution < -0.4 is 14.9 Å². The molecule has 4 rings (SSSR count). The summed E-state index contributed by atoms with van der Waals surface area (Å²) in [7, 11) is -4.02. The van der Waals surface area contributed by atoms with Crippen LogP contribution in [-0.2, 0) is 32.5 Å². The number of carbonyl (C=O) groups excluding carboxylic acids is 2. The summed E-state index contributed by atoms with van der Waals surface area (Å²) >= 11 is 1.28. The fourth-order valence-electron chi connectivity index (χ4n) is 4.15. The third-order valence-electron chi connectivity index (χ3n) is 5.66. The maximum Gasteiger partial charge on any atom is 0.244 e. The van der Waals surface area contributed by atoms with E-state index in [-0.39, 0.29) is 23.3 Å². The summed E-state index contributed by atoms with van der Waals surface area (Å²) in [5.74, 6) is -0.573.